The maximum Gasteiger partial charge on any atom is 0.500 e. The number of carbonyl (C=O) groups excluding carboxylic acids is 1. The van der Waals surface area contributed by atoms with Gasteiger partial charge < -0.3 is 18.0 Å². The van der Waals surface area contributed by atoms with Crippen molar-refractivity contribution in [2.24, 2.45) is 0 Å². The number of rotatable bonds is 10. The summed E-state index contributed by atoms with van der Waals surface area (Å²) in [6, 6.07) is 0.726. The van der Waals surface area contributed by atoms with Gasteiger partial charge in [0.2, 0.25) is 0 Å². The van der Waals surface area contributed by atoms with E-state index in [1.807, 2.05) is 13.0 Å². The van der Waals surface area contributed by atoms with E-state index in [0.717, 1.165) is 25.3 Å². The first kappa shape index (κ1) is 18.3. The van der Waals surface area contributed by atoms with Gasteiger partial charge in [0.25, 0.3) is 0 Å². The molecule has 0 unspecified atom stereocenters. The summed E-state index contributed by atoms with van der Waals surface area (Å²) in [6.07, 6.45) is 4.35. The molecule has 0 heterocycles. The number of ether oxygens (including phenoxy) is 1. The first-order chi connectivity index (χ1) is 9.05. The summed E-state index contributed by atoms with van der Waals surface area (Å²) in [5.41, 5.74) is 0.646. The Morgan fingerprint density at radius 1 is 1.16 bits per heavy atom. The van der Waals surface area contributed by atoms with Crippen LogP contribution in [0.4, 0.5) is 0 Å². The highest BCUT2D eigenvalue weighted by molar-refractivity contribution is 6.60. The number of esters is 1. The first-order valence-corrected chi connectivity index (χ1v) is 8.47. The topological polar surface area (TPSA) is 54.0 Å². The molecule has 0 saturated heterocycles. The van der Waals surface area contributed by atoms with Crippen molar-refractivity contribution < 1.29 is 22.8 Å². The molecule has 0 aliphatic heterocycles. The molecule has 0 atom stereocenters. The molecule has 112 valence electrons. The highest BCUT2D eigenvalue weighted by atomic mass is 28.4. The van der Waals surface area contributed by atoms with Crippen LogP contribution in [0.3, 0.4) is 0 Å². The van der Waals surface area contributed by atoms with Crippen LogP contribution < -0.4 is 0 Å². The maximum atomic E-state index is 11.5. The molecule has 6 heteroatoms. The fourth-order valence-corrected chi connectivity index (χ4v) is 3.33. The van der Waals surface area contributed by atoms with Gasteiger partial charge in [-0.3, -0.25) is 0 Å². The van der Waals surface area contributed by atoms with Crippen molar-refractivity contribution in [3.8, 4) is 0 Å². The fourth-order valence-electron chi connectivity index (χ4n) is 1.59. The summed E-state index contributed by atoms with van der Waals surface area (Å²) in [5, 5.41) is 0. The Labute approximate surface area is 117 Å². The van der Waals surface area contributed by atoms with Crippen molar-refractivity contribution in [3.63, 3.8) is 0 Å². The van der Waals surface area contributed by atoms with E-state index in [2.05, 4.69) is 0 Å². The van der Waals surface area contributed by atoms with Crippen molar-refractivity contribution in [1.82, 2.24) is 0 Å². The van der Waals surface area contributed by atoms with E-state index in [9.17, 15) is 4.79 Å². The maximum absolute atomic E-state index is 11.5. The van der Waals surface area contributed by atoms with E-state index in [4.69, 9.17) is 18.0 Å². The van der Waals surface area contributed by atoms with Gasteiger partial charge >= 0.3 is 14.8 Å². The van der Waals surface area contributed by atoms with Crippen LogP contribution in [0.5, 0.6) is 0 Å². The van der Waals surface area contributed by atoms with Crippen molar-refractivity contribution in [2.45, 2.75) is 39.2 Å². The van der Waals surface area contributed by atoms with E-state index in [1.54, 1.807) is 28.3 Å². The number of hydrogen-bond acceptors (Lipinski definition) is 5. The third-order valence-electron chi connectivity index (χ3n) is 2.83. The summed E-state index contributed by atoms with van der Waals surface area (Å²) in [4.78, 5) is 11.5. The summed E-state index contributed by atoms with van der Waals surface area (Å²) in [6.45, 7) is 4.21. The molecule has 0 aliphatic rings. The van der Waals surface area contributed by atoms with Gasteiger partial charge in [-0.2, -0.15) is 0 Å². The van der Waals surface area contributed by atoms with Gasteiger partial charge in [0.15, 0.2) is 0 Å². The average molecular weight is 290 g/mol. The molecular formula is C13H26O5Si. The zero-order valence-electron chi connectivity index (χ0n) is 12.7. The Balaban J connectivity index is 4.10. The number of unbranched alkanes of at least 4 members (excludes halogenated alkanes) is 1. The summed E-state index contributed by atoms with van der Waals surface area (Å²) >= 11 is 0. The minimum absolute atomic E-state index is 0.240. The number of hydrogen-bond donors (Lipinski definition) is 0. The van der Waals surface area contributed by atoms with Crippen LogP contribution in [0.1, 0.15) is 33.1 Å². The summed E-state index contributed by atoms with van der Waals surface area (Å²) in [7, 11) is 2.32. The zero-order chi connectivity index (χ0) is 14.7. The van der Waals surface area contributed by atoms with Crippen LogP contribution in [0.25, 0.3) is 0 Å². The van der Waals surface area contributed by atoms with Gasteiger partial charge in [-0.1, -0.05) is 13.0 Å². The predicted molar refractivity (Wildman–Crippen MR) is 75.8 cm³/mol. The van der Waals surface area contributed by atoms with Crippen LogP contribution in [0.15, 0.2) is 11.6 Å². The summed E-state index contributed by atoms with van der Waals surface area (Å²) in [5.74, 6) is -0.240. The lowest BCUT2D eigenvalue weighted by Crippen LogP contribution is -2.42. The molecule has 0 fully saturated rings. The molecule has 0 N–H and O–H groups in total. The zero-order valence-corrected chi connectivity index (χ0v) is 13.7. The van der Waals surface area contributed by atoms with Gasteiger partial charge in [-0.05, 0) is 26.2 Å². The van der Waals surface area contributed by atoms with Crippen molar-refractivity contribution in [3.05, 3.63) is 11.6 Å². The monoisotopic (exact) mass is 290 g/mol. The summed E-state index contributed by atoms with van der Waals surface area (Å²) < 4.78 is 21.0. The fraction of sp³-hybridized carbons (Fsp3) is 0.769. The van der Waals surface area contributed by atoms with Gasteiger partial charge in [-0.25, -0.2) is 4.79 Å². The molecule has 0 aromatic carbocycles. The first-order valence-electron chi connectivity index (χ1n) is 6.54. The lowest BCUT2D eigenvalue weighted by Gasteiger charge is -2.23. The standard InChI is InChI=1S/C13H26O5Si/c1-6-10-18-13(14)12(2)9-7-8-11-19(15-3,16-4)17-5/h9H,6-8,10-11H2,1-5H3. The van der Waals surface area contributed by atoms with Gasteiger partial charge in [-0.15, -0.1) is 0 Å². The molecule has 0 amide bonds. The molecule has 0 rings (SSSR count). The minimum Gasteiger partial charge on any atom is -0.462 e. The average Bonchev–Trinajstić information content (AvgIpc) is 2.45. The Bertz CT molecular complexity index is 278. The lowest BCUT2D eigenvalue weighted by molar-refractivity contribution is -0.139. The Morgan fingerprint density at radius 3 is 2.21 bits per heavy atom. The molecule has 0 radical (unpaired) electrons. The van der Waals surface area contributed by atoms with Gasteiger partial charge in [0, 0.05) is 32.9 Å². The Kier molecular flexibility index (Phi) is 9.77. The number of carbonyl (C=O) groups is 1. The highest BCUT2D eigenvalue weighted by Crippen LogP contribution is 2.17. The van der Waals surface area contributed by atoms with Crippen LogP contribution in [-0.4, -0.2) is 42.7 Å². The predicted octanol–water partition coefficient (Wildman–Crippen LogP) is 2.54. The van der Waals surface area contributed by atoms with E-state index in [1.165, 1.54) is 0 Å². The largest absolute Gasteiger partial charge is 0.500 e. The van der Waals surface area contributed by atoms with Gasteiger partial charge in [0.05, 0.1) is 6.61 Å². The number of allylic oxidation sites excluding steroid dienone is 1. The van der Waals surface area contributed by atoms with Crippen molar-refractivity contribution in [2.75, 3.05) is 27.9 Å². The van der Waals surface area contributed by atoms with Gasteiger partial charge in [0.1, 0.15) is 0 Å². The molecule has 0 bridgehead atoms. The van der Waals surface area contributed by atoms with E-state index >= 15 is 0 Å². The van der Waals surface area contributed by atoms with Crippen molar-refractivity contribution >= 4 is 14.8 Å². The van der Waals surface area contributed by atoms with Crippen LogP contribution in [0.2, 0.25) is 6.04 Å². The lowest BCUT2D eigenvalue weighted by atomic mass is 10.2. The quantitative estimate of drug-likeness (QED) is 0.268. The third-order valence-corrected chi connectivity index (χ3v) is 5.66. The van der Waals surface area contributed by atoms with E-state index in [-0.39, 0.29) is 5.97 Å². The van der Waals surface area contributed by atoms with Crippen LogP contribution >= 0.6 is 0 Å². The highest BCUT2D eigenvalue weighted by Gasteiger charge is 2.36. The second kappa shape index (κ2) is 10.1. The minimum atomic E-state index is -2.48. The van der Waals surface area contributed by atoms with Crippen LogP contribution in [-0.2, 0) is 22.8 Å². The molecule has 0 aliphatic carbocycles. The Hall–Kier alpha value is -0.693. The normalized spacial score (nSPS) is 12.6. The van der Waals surface area contributed by atoms with Crippen molar-refractivity contribution in [1.29, 1.82) is 0 Å². The second-order valence-corrected chi connectivity index (χ2v) is 7.30. The van der Waals surface area contributed by atoms with E-state index < -0.39 is 8.80 Å². The second-order valence-electron chi connectivity index (χ2n) is 4.21. The molecule has 5 nitrogen and oxygen atoms in total. The Morgan fingerprint density at radius 2 is 1.74 bits per heavy atom. The molecule has 0 spiro atoms. The SMILES string of the molecule is CCCOC(=O)C(C)=CCCC[Si](OC)(OC)OC. The molecule has 0 aromatic rings. The molecule has 19 heavy (non-hydrogen) atoms. The van der Waals surface area contributed by atoms with Crippen LogP contribution in [0, 0.1) is 0 Å². The smallest absolute Gasteiger partial charge is 0.462 e. The molecule has 0 saturated carbocycles. The van der Waals surface area contributed by atoms with E-state index in [0.29, 0.717) is 12.2 Å². The third kappa shape index (κ3) is 6.86. The molecular weight excluding hydrogens is 264 g/mol. The molecule has 0 aromatic heterocycles.